The molecular formula is C10H11ClN4O2. The monoisotopic (exact) mass is 254 g/mol. The molecule has 0 radical (unpaired) electrons. The molecule has 0 unspecified atom stereocenters. The number of aromatic nitrogens is 2. The van der Waals surface area contributed by atoms with Gasteiger partial charge in [-0.3, -0.25) is 14.8 Å². The molecule has 1 heterocycles. The summed E-state index contributed by atoms with van der Waals surface area (Å²) in [5.74, 6) is 0. The minimum Gasteiger partial charge on any atom is -0.396 e. The summed E-state index contributed by atoms with van der Waals surface area (Å²) >= 11 is 0. The largest absolute Gasteiger partial charge is 0.396 e. The summed E-state index contributed by atoms with van der Waals surface area (Å²) in [6.07, 6.45) is 3.27. The Morgan fingerprint density at radius 2 is 2.00 bits per heavy atom. The predicted octanol–water partition coefficient (Wildman–Crippen LogP) is 1.84. The van der Waals surface area contributed by atoms with Crippen molar-refractivity contribution in [3.05, 3.63) is 52.3 Å². The highest BCUT2D eigenvalue weighted by Gasteiger charge is 2.04. The number of halogens is 1. The molecular weight excluding hydrogens is 244 g/mol. The summed E-state index contributed by atoms with van der Waals surface area (Å²) in [4.78, 5) is 10.0. The molecule has 1 aromatic heterocycles. The maximum atomic E-state index is 10.4. The van der Waals surface area contributed by atoms with Gasteiger partial charge in [-0.2, -0.15) is 5.10 Å². The van der Waals surface area contributed by atoms with E-state index in [9.17, 15) is 10.1 Å². The third-order valence-electron chi connectivity index (χ3n) is 2.14. The van der Waals surface area contributed by atoms with Gasteiger partial charge in [0, 0.05) is 18.3 Å². The van der Waals surface area contributed by atoms with E-state index in [4.69, 9.17) is 5.73 Å². The maximum absolute atomic E-state index is 10.4. The van der Waals surface area contributed by atoms with Crippen LogP contribution in [0.5, 0.6) is 0 Å². The van der Waals surface area contributed by atoms with Gasteiger partial charge in [-0.05, 0) is 5.56 Å². The highest BCUT2D eigenvalue weighted by atomic mass is 35.5. The first-order chi connectivity index (χ1) is 7.65. The van der Waals surface area contributed by atoms with Gasteiger partial charge in [-0.1, -0.05) is 12.1 Å². The van der Waals surface area contributed by atoms with Crippen molar-refractivity contribution in [3.8, 4) is 0 Å². The molecule has 0 saturated carbocycles. The third kappa shape index (κ3) is 3.18. The average molecular weight is 255 g/mol. The van der Waals surface area contributed by atoms with Crippen molar-refractivity contribution in [3.63, 3.8) is 0 Å². The minimum absolute atomic E-state index is 0. The zero-order chi connectivity index (χ0) is 11.5. The van der Waals surface area contributed by atoms with E-state index >= 15 is 0 Å². The molecule has 17 heavy (non-hydrogen) atoms. The quantitative estimate of drug-likeness (QED) is 0.669. The van der Waals surface area contributed by atoms with Gasteiger partial charge >= 0.3 is 0 Å². The average Bonchev–Trinajstić information content (AvgIpc) is 2.65. The van der Waals surface area contributed by atoms with Crippen LogP contribution in [0.2, 0.25) is 0 Å². The van der Waals surface area contributed by atoms with Crippen molar-refractivity contribution in [2.75, 3.05) is 5.73 Å². The summed E-state index contributed by atoms with van der Waals surface area (Å²) in [5, 5.41) is 14.5. The number of benzene rings is 1. The number of anilines is 1. The molecule has 0 saturated heterocycles. The summed E-state index contributed by atoms with van der Waals surface area (Å²) in [6, 6.07) is 6.36. The fraction of sp³-hybridized carbons (Fsp3) is 0.100. The van der Waals surface area contributed by atoms with E-state index in [-0.39, 0.29) is 18.1 Å². The Morgan fingerprint density at radius 1 is 1.35 bits per heavy atom. The number of nitrogens with zero attached hydrogens (tertiary/aromatic N) is 3. The summed E-state index contributed by atoms with van der Waals surface area (Å²) in [6.45, 7) is 0.551. The van der Waals surface area contributed by atoms with Crippen molar-refractivity contribution >= 4 is 23.8 Å². The summed E-state index contributed by atoms with van der Waals surface area (Å²) < 4.78 is 1.68. The molecule has 7 heteroatoms. The lowest BCUT2D eigenvalue weighted by Crippen LogP contribution is -2.00. The molecule has 90 valence electrons. The van der Waals surface area contributed by atoms with Gasteiger partial charge in [0.05, 0.1) is 23.4 Å². The van der Waals surface area contributed by atoms with E-state index in [1.54, 1.807) is 29.2 Å². The molecule has 0 spiro atoms. The number of hydrogen-bond acceptors (Lipinski definition) is 4. The zero-order valence-electron chi connectivity index (χ0n) is 8.81. The van der Waals surface area contributed by atoms with Crippen molar-refractivity contribution < 1.29 is 4.92 Å². The molecule has 0 amide bonds. The zero-order valence-corrected chi connectivity index (χ0v) is 9.63. The van der Waals surface area contributed by atoms with Gasteiger partial charge in [0.2, 0.25) is 0 Å². The molecule has 2 aromatic rings. The van der Waals surface area contributed by atoms with Crippen LogP contribution in [-0.4, -0.2) is 14.7 Å². The van der Waals surface area contributed by atoms with Gasteiger partial charge in [-0.25, -0.2) is 0 Å². The molecule has 0 fully saturated rings. The minimum atomic E-state index is -0.421. The van der Waals surface area contributed by atoms with Crippen molar-refractivity contribution in [2.24, 2.45) is 0 Å². The third-order valence-corrected chi connectivity index (χ3v) is 2.14. The number of non-ortho nitro benzene ring substituents is 1. The first-order valence-corrected chi connectivity index (χ1v) is 4.66. The van der Waals surface area contributed by atoms with E-state index in [0.717, 1.165) is 5.56 Å². The number of hydrogen-bond donors (Lipinski definition) is 1. The van der Waals surface area contributed by atoms with Crippen LogP contribution in [0.25, 0.3) is 0 Å². The first kappa shape index (κ1) is 13.0. The van der Waals surface area contributed by atoms with Gasteiger partial charge in [0.25, 0.3) is 5.69 Å². The highest BCUT2D eigenvalue weighted by molar-refractivity contribution is 5.85. The van der Waals surface area contributed by atoms with Gasteiger partial charge in [0.1, 0.15) is 0 Å². The summed E-state index contributed by atoms with van der Waals surface area (Å²) in [5.41, 5.74) is 7.15. The van der Waals surface area contributed by atoms with Gasteiger partial charge < -0.3 is 5.73 Å². The second-order valence-electron chi connectivity index (χ2n) is 3.39. The first-order valence-electron chi connectivity index (χ1n) is 4.66. The molecule has 0 aliphatic heterocycles. The molecule has 0 bridgehead atoms. The van der Waals surface area contributed by atoms with Crippen LogP contribution in [0.4, 0.5) is 11.4 Å². The Hall–Kier alpha value is -2.08. The highest BCUT2D eigenvalue weighted by Crippen LogP contribution is 2.12. The van der Waals surface area contributed by atoms with Crippen LogP contribution >= 0.6 is 12.4 Å². The van der Waals surface area contributed by atoms with Gasteiger partial charge in [-0.15, -0.1) is 12.4 Å². The van der Waals surface area contributed by atoms with E-state index in [2.05, 4.69) is 5.10 Å². The number of rotatable bonds is 3. The van der Waals surface area contributed by atoms with Crippen LogP contribution in [-0.2, 0) is 6.54 Å². The molecule has 0 aliphatic carbocycles. The van der Waals surface area contributed by atoms with Gasteiger partial charge in [0.15, 0.2) is 0 Å². The summed E-state index contributed by atoms with van der Waals surface area (Å²) in [7, 11) is 0. The molecule has 2 N–H and O–H groups in total. The maximum Gasteiger partial charge on any atom is 0.269 e. The van der Waals surface area contributed by atoms with E-state index in [1.165, 1.54) is 12.1 Å². The SMILES string of the molecule is Cl.Nc1cnn(Cc2ccc([N+](=O)[O-])cc2)c1. The lowest BCUT2D eigenvalue weighted by molar-refractivity contribution is -0.384. The molecule has 6 nitrogen and oxygen atoms in total. The van der Waals surface area contributed by atoms with Crippen LogP contribution in [0.15, 0.2) is 36.7 Å². The number of nitrogens with two attached hydrogens (primary N) is 1. The Bertz CT molecular complexity index is 509. The standard InChI is InChI=1S/C10H10N4O2.ClH/c11-9-5-12-13(7-9)6-8-1-3-10(4-2-8)14(15)16;/h1-5,7H,6,11H2;1H. The Kier molecular flexibility index (Phi) is 4.06. The van der Waals surface area contributed by atoms with E-state index < -0.39 is 4.92 Å². The van der Waals surface area contributed by atoms with Crippen LogP contribution in [0, 0.1) is 10.1 Å². The fourth-order valence-electron chi connectivity index (χ4n) is 1.38. The fourth-order valence-corrected chi connectivity index (χ4v) is 1.38. The number of nitro benzene ring substituents is 1. The lowest BCUT2D eigenvalue weighted by Gasteiger charge is -2.00. The van der Waals surface area contributed by atoms with E-state index in [0.29, 0.717) is 12.2 Å². The number of nitro groups is 1. The van der Waals surface area contributed by atoms with Crippen molar-refractivity contribution in [2.45, 2.75) is 6.54 Å². The normalized spacial score (nSPS) is 9.65. The van der Waals surface area contributed by atoms with Crippen molar-refractivity contribution in [1.29, 1.82) is 0 Å². The van der Waals surface area contributed by atoms with Crippen LogP contribution in [0.1, 0.15) is 5.56 Å². The van der Waals surface area contributed by atoms with Crippen LogP contribution < -0.4 is 5.73 Å². The predicted molar refractivity (Wildman–Crippen MR) is 66.1 cm³/mol. The Balaban J connectivity index is 0.00000144. The molecule has 2 rings (SSSR count). The van der Waals surface area contributed by atoms with E-state index in [1.807, 2.05) is 0 Å². The topological polar surface area (TPSA) is 87.0 Å². The molecule has 0 atom stereocenters. The molecule has 0 aliphatic rings. The Morgan fingerprint density at radius 3 is 2.47 bits per heavy atom. The second kappa shape index (κ2) is 5.31. The molecule has 1 aromatic carbocycles. The van der Waals surface area contributed by atoms with Crippen molar-refractivity contribution in [1.82, 2.24) is 9.78 Å². The Labute approximate surface area is 104 Å². The smallest absolute Gasteiger partial charge is 0.269 e. The lowest BCUT2D eigenvalue weighted by atomic mass is 10.2. The van der Waals surface area contributed by atoms with Crippen LogP contribution in [0.3, 0.4) is 0 Å². The number of nitrogen functional groups attached to an aromatic ring is 1. The second-order valence-corrected chi connectivity index (χ2v) is 3.39.